The summed E-state index contributed by atoms with van der Waals surface area (Å²) in [6, 6.07) is 1.42. The smallest absolute Gasteiger partial charge is 0.318 e. The monoisotopic (exact) mass is 312 g/mol. The normalized spacial score (nSPS) is 20.0. The Labute approximate surface area is 127 Å². The molecule has 1 saturated heterocycles. The Morgan fingerprint density at radius 2 is 2.43 bits per heavy atom. The van der Waals surface area contributed by atoms with E-state index in [1.54, 1.807) is 16.2 Å². The van der Waals surface area contributed by atoms with Gasteiger partial charge in [0.1, 0.15) is 0 Å². The summed E-state index contributed by atoms with van der Waals surface area (Å²) in [5, 5.41) is 15.9. The maximum atomic E-state index is 12.3. The van der Waals surface area contributed by atoms with Gasteiger partial charge in [0.05, 0.1) is 25.7 Å². The highest BCUT2D eigenvalue weighted by Crippen LogP contribution is 2.12. The van der Waals surface area contributed by atoms with Crippen LogP contribution in [0.5, 0.6) is 0 Å². The first kappa shape index (κ1) is 15.8. The number of amides is 2. The van der Waals surface area contributed by atoms with E-state index in [-0.39, 0.29) is 25.1 Å². The van der Waals surface area contributed by atoms with Crippen molar-refractivity contribution >= 4 is 23.3 Å². The van der Waals surface area contributed by atoms with E-state index in [4.69, 9.17) is 9.84 Å². The molecule has 2 N–H and O–H groups in total. The molecule has 1 aromatic heterocycles. The van der Waals surface area contributed by atoms with Gasteiger partial charge in [-0.1, -0.05) is 0 Å². The molecule has 0 spiro atoms. The predicted molar refractivity (Wildman–Crippen MR) is 79.6 cm³/mol. The first-order valence-electron chi connectivity index (χ1n) is 6.94. The quantitative estimate of drug-likeness (QED) is 0.865. The van der Waals surface area contributed by atoms with Crippen molar-refractivity contribution in [3.8, 4) is 0 Å². The van der Waals surface area contributed by atoms with Crippen LogP contribution in [0.25, 0.3) is 0 Å². The van der Waals surface area contributed by atoms with Crippen LogP contribution in [0.4, 0.5) is 4.79 Å². The maximum absolute atomic E-state index is 12.3. The summed E-state index contributed by atoms with van der Waals surface area (Å²) in [6.07, 6.45) is 0.676. The first-order chi connectivity index (χ1) is 10.1. The van der Waals surface area contributed by atoms with Gasteiger partial charge in [0.2, 0.25) is 0 Å². The molecule has 7 heteroatoms. The molecular weight excluding hydrogens is 292 g/mol. The second-order valence-corrected chi connectivity index (χ2v) is 5.99. The lowest BCUT2D eigenvalue weighted by Crippen LogP contribution is -2.54. The molecule has 1 fully saturated rings. The number of thiophene rings is 1. The molecule has 2 atom stereocenters. The summed E-state index contributed by atoms with van der Waals surface area (Å²) in [6.45, 7) is 3.10. The summed E-state index contributed by atoms with van der Waals surface area (Å²) in [5.41, 5.74) is 1.19. The molecule has 2 heterocycles. The lowest BCUT2D eigenvalue weighted by molar-refractivity contribution is -0.139. The SMILES string of the molecule is CC(Cc1ccsc1)NC(=O)N1CCOCC1CC(=O)O. The molecule has 116 valence electrons. The third kappa shape index (κ3) is 4.71. The summed E-state index contributed by atoms with van der Waals surface area (Å²) >= 11 is 1.63. The molecule has 1 aliphatic heterocycles. The highest BCUT2D eigenvalue weighted by Gasteiger charge is 2.29. The van der Waals surface area contributed by atoms with E-state index in [9.17, 15) is 9.59 Å². The number of carbonyl (C=O) groups is 2. The number of morpholine rings is 1. The van der Waals surface area contributed by atoms with Gasteiger partial charge >= 0.3 is 12.0 Å². The van der Waals surface area contributed by atoms with Gasteiger partial charge in [-0.05, 0) is 35.7 Å². The summed E-state index contributed by atoms with van der Waals surface area (Å²) in [7, 11) is 0. The van der Waals surface area contributed by atoms with Crippen molar-refractivity contribution in [3.05, 3.63) is 22.4 Å². The fraction of sp³-hybridized carbons (Fsp3) is 0.571. The lowest BCUT2D eigenvalue weighted by atomic mass is 10.1. The second-order valence-electron chi connectivity index (χ2n) is 5.21. The van der Waals surface area contributed by atoms with Crippen LogP contribution in [-0.4, -0.2) is 53.8 Å². The predicted octanol–water partition coefficient (Wildman–Crippen LogP) is 1.56. The van der Waals surface area contributed by atoms with E-state index >= 15 is 0 Å². The summed E-state index contributed by atoms with van der Waals surface area (Å²) in [5.74, 6) is -0.922. The summed E-state index contributed by atoms with van der Waals surface area (Å²) < 4.78 is 5.27. The third-order valence-electron chi connectivity index (χ3n) is 3.39. The topological polar surface area (TPSA) is 78.9 Å². The van der Waals surface area contributed by atoms with Gasteiger partial charge < -0.3 is 20.1 Å². The van der Waals surface area contributed by atoms with Crippen LogP contribution in [0.2, 0.25) is 0 Å². The van der Waals surface area contributed by atoms with Gasteiger partial charge in [-0.2, -0.15) is 11.3 Å². The molecule has 0 aromatic carbocycles. The first-order valence-corrected chi connectivity index (χ1v) is 7.88. The largest absolute Gasteiger partial charge is 0.481 e. The van der Waals surface area contributed by atoms with Crippen molar-refractivity contribution in [1.29, 1.82) is 0 Å². The van der Waals surface area contributed by atoms with Crippen LogP contribution in [0.1, 0.15) is 18.9 Å². The van der Waals surface area contributed by atoms with Crippen molar-refractivity contribution < 1.29 is 19.4 Å². The average molecular weight is 312 g/mol. The van der Waals surface area contributed by atoms with Gasteiger partial charge in [-0.3, -0.25) is 4.79 Å². The molecule has 21 heavy (non-hydrogen) atoms. The Bertz CT molecular complexity index is 477. The Morgan fingerprint density at radius 3 is 3.10 bits per heavy atom. The van der Waals surface area contributed by atoms with Crippen molar-refractivity contribution in [2.24, 2.45) is 0 Å². The van der Waals surface area contributed by atoms with E-state index in [1.807, 2.05) is 18.4 Å². The highest BCUT2D eigenvalue weighted by molar-refractivity contribution is 7.07. The van der Waals surface area contributed by atoms with E-state index < -0.39 is 12.0 Å². The molecule has 0 saturated carbocycles. The van der Waals surface area contributed by atoms with Gasteiger partial charge in [0.25, 0.3) is 0 Å². The Balaban J connectivity index is 1.89. The Kier molecular flexibility index (Phi) is 5.58. The Morgan fingerprint density at radius 1 is 1.62 bits per heavy atom. The zero-order chi connectivity index (χ0) is 15.2. The molecule has 2 unspecified atom stereocenters. The van der Waals surface area contributed by atoms with Gasteiger partial charge in [-0.15, -0.1) is 0 Å². The van der Waals surface area contributed by atoms with E-state index in [1.165, 1.54) is 5.56 Å². The zero-order valence-electron chi connectivity index (χ0n) is 11.9. The van der Waals surface area contributed by atoms with Gasteiger partial charge in [0.15, 0.2) is 0 Å². The molecule has 2 rings (SSSR count). The van der Waals surface area contributed by atoms with Crippen molar-refractivity contribution in [3.63, 3.8) is 0 Å². The number of rotatable bonds is 5. The Hall–Kier alpha value is -1.60. The van der Waals surface area contributed by atoms with E-state index in [2.05, 4.69) is 10.7 Å². The van der Waals surface area contributed by atoms with Gasteiger partial charge in [-0.25, -0.2) is 4.79 Å². The number of hydrogen-bond donors (Lipinski definition) is 2. The van der Waals surface area contributed by atoms with Crippen molar-refractivity contribution in [2.75, 3.05) is 19.8 Å². The van der Waals surface area contributed by atoms with Crippen LogP contribution in [-0.2, 0) is 16.0 Å². The number of nitrogens with zero attached hydrogens (tertiary/aromatic N) is 1. The third-order valence-corrected chi connectivity index (χ3v) is 4.12. The number of urea groups is 1. The number of aliphatic carboxylic acids is 1. The maximum Gasteiger partial charge on any atom is 0.318 e. The molecule has 2 amide bonds. The second kappa shape index (κ2) is 7.42. The van der Waals surface area contributed by atoms with Crippen LogP contribution in [0, 0.1) is 0 Å². The minimum Gasteiger partial charge on any atom is -0.481 e. The minimum absolute atomic E-state index is 0.000392. The average Bonchev–Trinajstić information content (AvgIpc) is 2.91. The molecule has 6 nitrogen and oxygen atoms in total. The molecule has 1 aromatic rings. The van der Waals surface area contributed by atoms with Crippen molar-refractivity contribution in [1.82, 2.24) is 10.2 Å². The molecule has 0 bridgehead atoms. The number of carboxylic acids is 1. The van der Waals surface area contributed by atoms with Crippen LogP contribution >= 0.6 is 11.3 Å². The minimum atomic E-state index is -0.922. The molecular formula is C14H20N2O4S. The number of carbonyl (C=O) groups excluding carboxylic acids is 1. The molecule has 0 radical (unpaired) electrons. The number of nitrogens with one attached hydrogen (secondary N) is 1. The standard InChI is InChI=1S/C14H20N2O4S/c1-10(6-11-2-5-21-9-11)15-14(19)16-3-4-20-8-12(16)7-13(17)18/h2,5,9-10,12H,3-4,6-8H2,1H3,(H,15,19)(H,17,18). The van der Waals surface area contributed by atoms with Gasteiger partial charge in [0, 0.05) is 12.6 Å². The molecule has 1 aliphatic rings. The van der Waals surface area contributed by atoms with Crippen LogP contribution in [0.3, 0.4) is 0 Å². The van der Waals surface area contributed by atoms with E-state index in [0.29, 0.717) is 13.2 Å². The van der Waals surface area contributed by atoms with Crippen molar-refractivity contribution in [2.45, 2.75) is 31.8 Å². The highest BCUT2D eigenvalue weighted by atomic mass is 32.1. The van der Waals surface area contributed by atoms with Crippen LogP contribution < -0.4 is 5.32 Å². The van der Waals surface area contributed by atoms with E-state index in [0.717, 1.165) is 6.42 Å². The zero-order valence-corrected chi connectivity index (χ0v) is 12.8. The molecule has 0 aliphatic carbocycles. The summed E-state index contributed by atoms with van der Waals surface area (Å²) in [4.78, 5) is 24.7. The fourth-order valence-electron chi connectivity index (χ4n) is 2.40. The van der Waals surface area contributed by atoms with Crippen LogP contribution in [0.15, 0.2) is 16.8 Å². The fourth-order valence-corrected chi connectivity index (χ4v) is 3.08. The number of hydrogen-bond acceptors (Lipinski definition) is 4. The number of ether oxygens (including phenoxy) is 1. The lowest BCUT2D eigenvalue weighted by Gasteiger charge is -2.35. The number of carboxylic acid groups (broad SMARTS) is 1.